The van der Waals surface area contributed by atoms with E-state index in [-0.39, 0.29) is 17.2 Å². The van der Waals surface area contributed by atoms with Crippen LogP contribution in [0.5, 0.6) is 0 Å². The van der Waals surface area contributed by atoms with E-state index in [2.05, 4.69) is 4.84 Å². The third-order valence-electron chi connectivity index (χ3n) is 5.55. The number of hydrogen-bond acceptors (Lipinski definition) is 4. The van der Waals surface area contributed by atoms with E-state index in [4.69, 9.17) is 4.74 Å². The monoisotopic (exact) mass is 373 g/mol. The fraction of sp³-hybridized carbons (Fsp3) is 0.556. The number of esters is 1. The number of benzene rings is 1. The maximum Gasteiger partial charge on any atom is 0.544 e. The lowest BCUT2D eigenvalue weighted by atomic mass is 9.65. The van der Waals surface area contributed by atoms with Crippen LogP contribution in [-0.2, 0) is 19.2 Å². The van der Waals surface area contributed by atoms with Gasteiger partial charge in [-0.3, -0.25) is 9.59 Å². The number of rotatable bonds is 4. The number of hydrogen-bond donors (Lipinski definition) is 0. The van der Waals surface area contributed by atoms with Crippen LogP contribution < -0.4 is 5.06 Å². The van der Waals surface area contributed by atoms with Crippen LogP contribution in [0.15, 0.2) is 30.3 Å². The van der Waals surface area contributed by atoms with E-state index in [0.717, 1.165) is 0 Å². The quantitative estimate of drug-likeness (QED) is 0.589. The zero-order valence-corrected chi connectivity index (χ0v) is 15.1. The summed E-state index contributed by atoms with van der Waals surface area (Å²) in [4.78, 5) is 29.2. The van der Waals surface area contributed by atoms with Crippen molar-refractivity contribution in [1.82, 2.24) is 0 Å². The van der Waals surface area contributed by atoms with Gasteiger partial charge in [0.15, 0.2) is 0 Å². The minimum absolute atomic E-state index is 0.0303. The molecule has 0 heterocycles. The number of methoxy groups -OCH3 is 1. The van der Waals surface area contributed by atoms with Crippen LogP contribution in [0.3, 0.4) is 0 Å². The molecule has 1 aromatic carbocycles. The van der Waals surface area contributed by atoms with Crippen LogP contribution in [0.4, 0.5) is 18.9 Å². The van der Waals surface area contributed by atoms with E-state index in [1.165, 1.54) is 31.4 Å². The van der Waals surface area contributed by atoms with Crippen LogP contribution in [0.1, 0.15) is 33.6 Å². The molecule has 0 bridgehead atoms. The minimum atomic E-state index is -5.03. The largest absolute Gasteiger partial charge is 0.544 e. The van der Waals surface area contributed by atoms with Gasteiger partial charge in [-0.05, 0) is 37.3 Å². The van der Waals surface area contributed by atoms with Gasteiger partial charge in [-0.25, -0.2) is 0 Å². The van der Waals surface area contributed by atoms with E-state index in [9.17, 15) is 22.8 Å². The molecule has 0 aliphatic heterocycles. The van der Waals surface area contributed by atoms with Crippen molar-refractivity contribution in [1.29, 1.82) is 0 Å². The van der Waals surface area contributed by atoms with Crippen LogP contribution in [-0.4, -0.2) is 25.3 Å². The van der Waals surface area contributed by atoms with Crippen molar-refractivity contribution in [2.75, 3.05) is 12.2 Å². The minimum Gasteiger partial charge on any atom is -0.469 e. The smallest absolute Gasteiger partial charge is 0.469 e. The molecule has 144 valence electrons. The van der Waals surface area contributed by atoms with Gasteiger partial charge >= 0.3 is 12.3 Å². The lowest BCUT2D eigenvalue weighted by Gasteiger charge is -2.39. The van der Waals surface area contributed by atoms with Gasteiger partial charge in [0.1, 0.15) is 0 Å². The highest BCUT2D eigenvalue weighted by Gasteiger charge is 2.60. The van der Waals surface area contributed by atoms with Gasteiger partial charge in [-0.1, -0.05) is 32.0 Å². The van der Waals surface area contributed by atoms with Gasteiger partial charge < -0.3 is 4.74 Å². The third-order valence-corrected chi connectivity index (χ3v) is 5.55. The van der Waals surface area contributed by atoms with Crippen molar-refractivity contribution in [2.45, 2.75) is 40.0 Å². The Hall–Kier alpha value is -2.09. The van der Waals surface area contributed by atoms with E-state index >= 15 is 0 Å². The van der Waals surface area contributed by atoms with E-state index in [1.807, 2.05) is 0 Å². The topological polar surface area (TPSA) is 55.8 Å². The summed E-state index contributed by atoms with van der Waals surface area (Å²) in [5.41, 5.74) is -1.93. The summed E-state index contributed by atoms with van der Waals surface area (Å²) in [7, 11) is 1.25. The molecule has 1 amide bonds. The molecular weight excluding hydrogens is 351 g/mol. The van der Waals surface area contributed by atoms with Crippen molar-refractivity contribution < 1.29 is 32.3 Å². The molecule has 0 saturated heterocycles. The first-order chi connectivity index (χ1) is 11.9. The fourth-order valence-electron chi connectivity index (χ4n) is 3.56. The Morgan fingerprint density at radius 3 is 2.23 bits per heavy atom. The van der Waals surface area contributed by atoms with Gasteiger partial charge in [0, 0.05) is 5.92 Å². The van der Waals surface area contributed by atoms with Crippen LogP contribution in [0.2, 0.25) is 0 Å². The van der Waals surface area contributed by atoms with E-state index in [0.29, 0.717) is 6.42 Å². The number of hydroxylamine groups is 1. The number of amides is 1. The highest BCUT2D eigenvalue weighted by molar-refractivity contribution is 5.95. The third kappa shape index (κ3) is 3.56. The molecule has 2 rings (SSSR count). The molecule has 2 atom stereocenters. The van der Waals surface area contributed by atoms with Gasteiger partial charge in [0.25, 0.3) is 5.91 Å². The van der Waals surface area contributed by atoms with Gasteiger partial charge in [0.05, 0.1) is 18.2 Å². The molecule has 0 aromatic heterocycles. The van der Waals surface area contributed by atoms with Crippen LogP contribution >= 0.6 is 0 Å². The summed E-state index contributed by atoms with van der Waals surface area (Å²) in [5, 5.41) is 0.273. The standard InChI is InChI=1S/C18H22F3NO4/c1-16(2)13(10-11-17(16,3)15(24)25-4)14(23)22(26-18(19,20)21)12-8-6-5-7-9-12/h5-9,13H,10-11H2,1-4H3. The average molecular weight is 373 g/mol. The highest BCUT2D eigenvalue weighted by Crippen LogP contribution is 2.57. The summed E-state index contributed by atoms with van der Waals surface area (Å²) in [5.74, 6) is -2.17. The highest BCUT2D eigenvalue weighted by atomic mass is 19.4. The fourth-order valence-corrected chi connectivity index (χ4v) is 3.56. The second-order valence-electron chi connectivity index (χ2n) is 7.14. The van der Waals surface area contributed by atoms with Gasteiger partial charge in [-0.2, -0.15) is 9.90 Å². The Balaban J connectivity index is 2.39. The Morgan fingerprint density at radius 1 is 1.15 bits per heavy atom. The zero-order valence-electron chi connectivity index (χ0n) is 15.1. The number of para-hydroxylation sites is 1. The van der Waals surface area contributed by atoms with Crippen molar-refractivity contribution in [3.05, 3.63) is 30.3 Å². The molecule has 1 aliphatic carbocycles. The molecule has 1 aliphatic rings. The summed E-state index contributed by atoms with van der Waals surface area (Å²) in [6.07, 6.45) is -4.44. The number of carbonyl (C=O) groups excluding carboxylic acids is 2. The molecule has 8 heteroatoms. The predicted molar refractivity (Wildman–Crippen MR) is 87.7 cm³/mol. The summed E-state index contributed by atoms with van der Waals surface area (Å²) >= 11 is 0. The van der Waals surface area contributed by atoms with Crippen molar-refractivity contribution in [2.24, 2.45) is 16.7 Å². The second kappa shape index (κ2) is 6.90. The van der Waals surface area contributed by atoms with Crippen molar-refractivity contribution >= 4 is 17.6 Å². The molecule has 0 spiro atoms. The van der Waals surface area contributed by atoms with Crippen molar-refractivity contribution in [3.8, 4) is 0 Å². The molecule has 1 saturated carbocycles. The maximum atomic E-state index is 13.0. The number of carbonyl (C=O) groups is 2. The lowest BCUT2D eigenvalue weighted by molar-refractivity contribution is -0.327. The van der Waals surface area contributed by atoms with Gasteiger partial charge in [0.2, 0.25) is 0 Å². The second-order valence-corrected chi connectivity index (χ2v) is 7.14. The Bertz CT molecular complexity index is 675. The van der Waals surface area contributed by atoms with Crippen molar-refractivity contribution in [3.63, 3.8) is 0 Å². The first kappa shape index (κ1) is 20.2. The summed E-state index contributed by atoms with van der Waals surface area (Å²) < 4.78 is 43.5. The molecule has 2 unspecified atom stereocenters. The summed E-state index contributed by atoms with van der Waals surface area (Å²) in [6.45, 7) is 5.05. The maximum absolute atomic E-state index is 13.0. The molecule has 1 aromatic rings. The number of ether oxygens (including phenoxy) is 1. The Kier molecular flexibility index (Phi) is 5.37. The van der Waals surface area contributed by atoms with E-state index in [1.54, 1.807) is 26.8 Å². The number of nitrogens with zero attached hydrogens (tertiary/aromatic N) is 1. The first-order valence-corrected chi connectivity index (χ1v) is 8.17. The first-order valence-electron chi connectivity index (χ1n) is 8.17. The molecular formula is C18H22F3NO4. The molecule has 26 heavy (non-hydrogen) atoms. The SMILES string of the molecule is COC(=O)C1(C)CCC(C(=O)N(OC(F)(F)F)c2ccccc2)C1(C)C. The van der Waals surface area contributed by atoms with Crippen LogP contribution in [0, 0.1) is 16.7 Å². The zero-order chi connectivity index (χ0) is 19.8. The molecule has 1 fully saturated rings. The lowest BCUT2D eigenvalue weighted by Crippen LogP contribution is -2.48. The number of alkyl halides is 3. The normalized spacial score (nSPS) is 25.0. The summed E-state index contributed by atoms with van der Waals surface area (Å²) in [6, 6.07) is 7.34. The number of halogens is 3. The Labute approximate surface area is 150 Å². The van der Waals surface area contributed by atoms with Gasteiger partial charge in [-0.15, -0.1) is 13.2 Å². The molecule has 0 N–H and O–H groups in total. The number of anilines is 1. The Morgan fingerprint density at radius 2 is 1.73 bits per heavy atom. The van der Waals surface area contributed by atoms with Crippen LogP contribution in [0.25, 0.3) is 0 Å². The molecule has 5 nitrogen and oxygen atoms in total. The molecule has 0 radical (unpaired) electrons. The predicted octanol–water partition coefficient (Wildman–Crippen LogP) is 4.09. The van der Waals surface area contributed by atoms with E-state index < -0.39 is 35.0 Å². The average Bonchev–Trinajstić information content (AvgIpc) is 2.82.